The number of aliphatic carboxylic acids is 4. The molecular weight excluding hydrogens is 346 g/mol. The zero-order chi connectivity index (χ0) is 20.5. The topological polar surface area (TPSA) is 175 Å². The van der Waals surface area contributed by atoms with E-state index in [1.165, 1.54) is 5.56 Å². The van der Waals surface area contributed by atoms with Crippen molar-refractivity contribution < 1.29 is 39.6 Å². The van der Waals surface area contributed by atoms with Crippen molar-refractivity contribution in [2.24, 2.45) is 5.73 Å². The summed E-state index contributed by atoms with van der Waals surface area (Å²) < 4.78 is 0. The summed E-state index contributed by atoms with van der Waals surface area (Å²) in [5.41, 5.74) is 6.94. The summed E-state index contributed by atoms with van der Waals surface area (Å²) in [5, 5.41) is 31.2. The van der Waals surface area contributed by atoms with Crippen LogP contribution in [0.2, 0.25) is 0 Å². The summed E-state index contributed by atoms with van der Waals surface area (Å²) in [4.78, 5) is 38.2. The van der Waals surface area contributed by atoms with E-state index >= 15 is 0 Å². The molecule has 9 nitrogen and oxygen atoms in total. The highest BCUT2D eigenvalue weighted by Gasteiger charge is 1.94. The normalized spacial score (nSPS) is 10.8. The molecule has 0 saturated carbocycles. The van der Waals surface area contributed by atoms with Crippen LogP contribution in [0.4, 0.5) is 0 Å². The summed E-state index contributed by atoms with van der Waals surface area (Å²) >= 11 is 0. The van der Waals surface area contributed by atoms with Crippen molar-refractivity contribution in [2.75, 3.05) is 0 Å². The van der Waals surface area contributed by atoms with E-state index in [1.807, 2.05) is 25.1 Å². The number of rotatable bonds is 6. The molecule has 142 valence electrons. The molecule has 1 aromatic rings. The first-order valence-electron chi connectivity index (χ1n) is 7.12. The maximum atomic E-state index is 9.55. The molecule has 0 aliphatic heterocycles. The highest BCUT2D eigenvalue weighted by atomic mass is 16.4. The van der Waals surface area contributed by atoms with E-state index in [4.69, 9.17) is 26.2 Å². The molecule has 1 aromatic carbocycles. The van der Waals surface area contributed by atoms with Gasteiger partial charge in [-0.25, -0.2) is 19.2 Å². The minimum Gasteiger partial charge on any atom is -0.478 e. The van der Waals surface area contributed by atoms with Gasteiger partial charge in [0, 0.05) is 30.3 Å². The molecule has 1 rings (SSSR count). The molecule has 0 radical (unpaired) electrons. The lowest BCUT2D eigenvalue weighted by Gasteiger charge is -2.02. The Kier molecular flexibility index (Phi) is 14.4. The van der Waals surface area contributed by atoms with Crippen LogP contribution in [0, 0.1) is 0 Å². The van der Waals surface area contributed by atoms with Crippen molar-refractivity contribution >= 4 is 23.9 Å². The van der Waals surface area contributed by atoms with Crippen LogP contribution in [0.15, 0.2) is 54.6 Å². The predicted molar refractivity (Wildman–Crippen MR) is 92.6 cm³/mol. The number of carboxylic acids is 4. The fourth-order valence-corrected chi connectivity index (χ4v) is 1.27. The third-order valence-electron chi connectivity index (χ3n) is 2.14. The van der Waals surface area contributed by atoms with Gasteiger partial charge in [-0.15, -0.1) is 0 Å². The number of carbonyl (C=O) groups is 4. The summed E-state index contributed by atoms with van der Waals surface area (Å²) in [6.07, 6.45) is 3.20. The quantitative estimate of drug-likeness (QED) is 0.459. The van der Waals surface area contributed by atoms with Gasteiger partial charge in [-0.05, 0) is 18.9 Å². The van der Waals surface area contributed by atoms with Crippen LogP contribution in [0.1, 0.15) is 12.5 Å². The highest BCUT2D eigenvalue weighted by Crippen LogP contribution is 2.00. The summed E-state index contributed by atoms with van der Waals surface area (Å²) in [7, 11) is 0. The van der Waals surface area contributed by atoms with Crippen molar-refractivity contribution in [3.63, 3.8) is 0 Å². The Bertz CT molecular complexity index is 569. The second-order valence-corrected chi connectivity index (χ2v) is 4.69. The Morgan fingerprint density at radius 3 is 1.35 bits per heavy atom. The summed E-state index contributed by atoms with van der Waals surface area (Å²) in [6.45, 7) is 2.02. The van der Waals surface area contributed by atoms with Gasteiger partial charge in [-0.3, -0.25) is 0 Å². The first-order chi connectivity index (χ1) is 12.0. The van der Waals surface area contributed by atoms with Gasteiger partial charge in [0.1, 0.15) is 0 Å². The highest BCUT2D eigenvalue weighted by molar-refractivity contribution is 5.90. The first kappa shape index (κ1) is 24.8. The van der Waals surface area contributed by atoms with Gasteiger partial charge in [0.05, 0.1) is 0 Å². The van der Waals surface area contributed by atoms with Crippen molar-refractivity contribution in [2.45, 2.75) is 19.4 Å². The van der Waals surface area contributed by atoms with Gasteiger partial charge in [0.2, 0.25) is 0 Å². The van der Waals surface area contributed by atoms with E-state index in [0.29, 0.717) is 24.3 Å². The van der Waals surface area contributed by atoms with Crippen LogP contribution in [0.3, 0.4) is 0 Å². The third kappa shape index (κ3) is 22.8. The average Bonchev–Trinajstić information content (AvgIpc) is 2.52. The van der Waals surface area contributed by atoms with Crippen molar-refractivity contribution in [3.8, 4) is 0 Å². The Morgan fingerprint density at radius 1 is 0.808 bits per heavy atom. The molecule has 0 bridgehead atoms. The Morgan fingerprint density at radius 2 is 1.12 bits per heavy atom. The summed E-state index contributed by atoms with van der Waals surface area (Å²) in [6, 6.07) is 10.6. The van der Waals surface area contributed by atoms with E-state index < -0.39 is 23.9 Å². The minimum atomic E-state index is -1.26. The van der Waals surface area contributed by atoms with Crippen LogP contribution < -0.4 is 5.73 Å². The number of benzene rings is 1. The van der Waals surface area contributed by atoms with Gasteiger partial charge in [0.15, 0.2) is 0 Å². The maximum absolute atomic E-state index is 9.55. The van der Waals surface area contributed by atoms with E-state index in [2.05, 4.69) is 12.1 Å². The molecule has 0 aromatic heterocycles. The molecule has 0 heterocycles. The molecule has 0 aliphatic rings. The van der Waals surface area contributed by atoms with Gasteiger partial charge in [0.25, 0.3) is 0 Å². The molecule has 9 heteroatoms. The molecule has 26 heavy (non-hydrogen) atoms. The largest absolute Gasteiger partial charge is 0.478 e. The predicted octanol–water partition coefficient (Wildman–Crippen LogP) is 1.000. The molecular formula is C17H21NO8. The monoisotopic (exact) mass is 367 g/mol. The molecule has 0 saturated heterocycles. The van der Waals surface area contributed by atoms with Crippen molar-refractivity contribution in [3.05, 3.63) is 60.2 Å². The standard InChI is InChI=1S/C9H13N.2C4H4O4/c1-8(10)7-9-5-3-2-4-6-9;2*5-3(6)1-2-4(7)8/h2-6,8H,7,10H2,1H3;2*1-2H,(H,5,6)(H,7,8)/b;2*2-1+. The van der Waals surface area contributed by atoms with Gasteiger partial charge in [-0.2, -0.15) is 0 Å². The fourth-order valence-electron chi connectivity index (χ4n) is 1.27. The first-order valence-corrected chi connectivity index (χ1v) is 7.12. The van der Waals surface area contributed by atoms with Crippen LogP contribution in [-0.4, -0.2) is 50.3 Å². The summed E-state index contributed by atoms with van der Waals surface area (Å²) in [5.74, 6) is -5.03. The van der Waals surface area contributed by atoms with Crippen LogP contribution in [0.5, 0.6) is 0 Å². The zero-order valence-electron chi connectivity index (χ0n) is 14.0. The maximum Gasteiger partial charge on any atom is 0.328 e. The number of carboxylic acid groups (broad SMARTS) is 4. The second kappa shape index (κ2) is 15.1. The molecule has 1 unspecified atom stereocenters. The van der Waals surface area contributed by atoms with E-state index in [1.54, 1.807) is 0 Å². The minimum absolute atomic E-state index is 0.266. The molecule has 0 aliphatic carbocycles. The van der Waals surface area contributed by atoms with E-state index in [-0.39, 0.29) is 6.04 Å². The van der Waals surface area contributed by atoms with Gasteiger partial charge < -0.3 is 26.2 Å². The second-order valence-electron chi connectivity index (χ2n) is 4.69. The molecule has 0 amide bonds. The molecule has 1 atom stereocenters. The molecule has 0 fully saturated rings. The van der Waals surface area contributed by atoms with E-state index in [9.17, 15) is 19.2 Å². The lowest BCUT2D eigenvalue weighted by Crippen LogP contribution is -2.17. The Hall–Kier alpha value is -3.46. The average molecular weight is 367 g/mol. The SMILES string of the molecule is CC(N)Cc1ccccc1.O=C(O)/C=C/C(=O)O.O=C(O)/C=C/C(=O)O. The third-order valence-corrected chi connectivity index (χ3v) is 2.14. The van der Waals surface area contributed by atoms with Crippen LogP contribution >= 0.6 is 0 Å². The molecule has 0 spiro atoms. The van der Waals surface area contributed by atoms with E-state index in [0.717, 1.165) is 6.42 Å². The Balaban J connectivity index is 0. The zero-order valence-corrected chi connectivity index (χ0v) is 14.0. The smallest absolute Gasteiger partial charge is 0.328 e. The number of hydrogen-bond donors (Lipinski definition) is 5. The van der Waals surface area contributed by atoms with Crippen molar-refractivity contribution in [1.29, 1.82) is 0 Å². The lowest BCUT2D eigenvalue weighted by atomic mass is 10.1. The van der Waals surface area contributed by atoms with Gasteiger partial charge in [-0.1, -0.05) is 30.3 Å². The number of hydrogen-bond acceptors (Lipinski definition) is 5. The van der Waals surface area contributed by atoms with Gasteiger partial charge >= 0.3 is 23.9 Å². The lowest BCUT2D eigenvalue weighted by molar-refractivity contribution is -0.134. The van der Waals surface area contributed by atoms with Crippen LogP contribution in [-0.2, 0) is 25.6 Å². The molecule has 6 N–H and O–H groups in total. The van der Waals surface area contributed by atoms with Crippen molar-refractivity contribution in [1.82, 2.24) is 0 Å². The van der Waals surface area contributed by atoms with Crippen LogP contribution in [0.25, 0.3) is 0 Å². The number of nitrogens with two attached hydrogens (primary N) is 1. The fraction of sp³-hybridized carbons (Fsp3) is 0.176. The Labute approximate surface area is 149 Å².